The van der Waals surface area contributed by atoms with E-state index < -0.39 is 0 Å². The normalized spacial score (nSPS) is 15.8. The van der Waals surface area contributed by atoms with Crippen molar-refractivity contribution in [2.45, 2.75) is 5.92 Å². The van der Waals surface area contributed by atoms with Crippen LogP contribution in [0.15, 0.2) is 239 Å². The Morgan fingerprint density at radius 3 is 1.75 bits per heavy atom. The fourth-order valence-electron chi connectivity index (χ4n) is 9.54. The maximum absolute atomic E-state index is 6.43. The first-order valence-electron chi connectivity index (χ1n) is 21.0. The number of allylic oxidation sites excluding steroid dienone is 8. The van der Waals surface area contributed by atoms with Gasteiger partial charge in [-0.05, 0) is 93.6 Å². The summed E-state index contributed by atoms with van der Waals surface area (Å²) in [7, 11) is 0. The molecule has 0 aliphatic heterocycles. The standard InChI is InChI=1S/C58H39NO2/c1-2-15-47-39(11-1)12-8-18-48(47)43-14-7-13-42(37-43)38-25-31-44(32-26-38)59(45-33-27-40(28-34-45)49-19-10-24-56-57(49)53-17-4-6-23-55(53)60-56)46-35-29-41(30-36-46)50-20-9-21-52-51-16-3-5-22-54(51)61-58(50)52/h1-37,47-48H. The third kappa shape index (κ3) is 6.05. The number of fused-ring (bicyclic) bond motifs is 7. The quantitative estimate of drug-likeness (QED) is 0.161. The van der Waals surface area contributed by atoms with Gasteiger partial charge in [-0.3, -0.25) is 0 Å². The molecule has 0 bridgehead atoms. The van der Waals surface area contributed by atoms with E-state index in [4.69, 9.17) is 8.83 Å². The summed E-state index contributed by atoms with van der Waals surface area (Å²) in [6, 6.07) is 65.1. The van der Waals surface area contributed by atoms with Gasteiger partial charge in [-0.1, -0.05) is 170 Å². The number of hydrogen-bond donors (Lipinski definition) is 0. The highest BCUT2D eigenvalue weighted by Gasteiger charge is 2.25. The minimum absolute atomic E-state index is 0.305. The van der Waals surface area contributed by atoms with Crippen LogP contribution in [0.5, 0.6) is 0 Å². The zero-order valence-corrected chi connectivity index (χ0v) is 33.3. The lowest BCUT2D eigenvalue weighted by Crippen LogP contribution is -2.14. The van der Waals surface area contributed by atoms with Crippen molar-refractivity contribution in [1.29, 1.82) is 0 Å². The van der Waals surface area contributed by atoms with Gasteiger partial charge in [0.05, 0.1) is 0 Å². The minimum Gasteiger partial charge on any atom is -0.456 e. The maximum atomic E-state index is 6.43. The van der Waals surface area contributed by atoms with Gasteiger partial charge in [0.1, 0.15) is 22.3 Å². The average Bonchev–Trinajstić information content (AvgIpc) is 3.91. The molecule has 0 spiro atoms. The molecule has 0 saturated carbocycles. The van der Waals surface area contributed by atoms with Crippen LogP contribution in [0.1, 0.15) is 11.5 Å². The van der Waals surface area contributed by atoms with Gasteiger partial charge in [-0.2, -0.15) is 0 Å². The zero-order chi connectivity index (χ0) is 40.3. The number of nitrogens with zero attached hydrogens (tertiary/aromatic N) is 1. The Morgan fingerprint density at radius 1 is 0.393 bits per heavy atom. The number of benzene rings is 8. The summed E-state index contributed by atoms with van der Waals surface area (Å²) >= 11 is 0. The summed E-state index contributed by atoms with van der Waals surface area (Å²) in [6.45, 7) is 0. The second-order valence-electron chi connectivity index (χ2n) is 16.0. The summed E-state index contributed by atoms with van der Waals surface area (Å²) in [4.78, 5) is 2.34. The Morgan fingerprint density at radius 2 is 0.984 bits per heavy atom. The Bertz CT molecular complexity index is 3410. The molecular formula is C58H39NO2. The van der Waals surface area contributed by atoms with Gasteiger partial charge in [0.25, 0.3) is 0 Å². The molecule has 10 aromatic rings. The number of anilines is 3. The molecule has 2 atom stereocenters. The fraction of sp³-hybridized carbons (Fsp3) is 0.0345. The van der Waals surface area contributed by atoms with E-state index in [-0.39, 0.29) is 0 Å². The summed E-state index contributed by atoms with van der Waals surface area (Å²) in [6.07, 6.45) is 15.6. The van der Waals surface area contributed by atoms with Crippen molar-refractivity contribution in [1.82, 2.24) is 0 Å². The highest BCUT2D eigenvalue weighted by Crippen LogP contribution is 2.43. The molecule has 2 unspecified atom stereocenters. The average molecular weight is 782 g/mol. The Kier molecular flexibility index (Phi) is 8.31. The molecule has 0 radical (unpaired) electrons. The molecule has 0 saturated heterocycles. The van der Waals surface area contributed by atoms with E-state index in [0.29, 0.717) is 11.8 Å². The smallest absolute Gasteiger partial charge is 0.143 e. The lowest BCUT2D eigenvalue weighted by molar-refractivity contribution is 0.669. The third-order valence-electron chi connectivity index (χ3n) is 12.5. The molecule has 8 aromatic carbocycles. The van der Waals surface area contributed by atoms with Crippen LogP contribution in [0.3, 0.4) is 0 Å². The molecule has 3 nitrogen and oxygen atoms in total. The van der Waals surface area contributed by atoms with E-state index in [1.807, 2.05) is 24.3 Å². The number of rotatable bonds is 7. The number of furan rings is 2. The van der Waals surface area contributed by atoms with Crippen LogP contribution in [-0.4, -0.2) is 0 Å². The van der Waals surface area contributed by atoms with E-state index in [1.54, 1.807) is 0 Å². The van der Waals surface area contributed by atoms with Gasteiger partial charge in [0.2, 0.25) is 0 Å². The highest BCUT2D eigenvalue weighted by molar-refractivity contribution is 6.12. The van der Waals surface area contributed by atoms with E-state index in [9.17, 15) is 0 Å². The Labute approximate surface area is 354 Å². The fourth-order valence-corrected chi connectivity index (χ4v) is 9.54. The largest absolute Gasteiger partial charge is 0.456 e. The van der Waals surface area contributed by atoms with E-state index in [0.717, 1.165) is 83.2 Å². The van der Waals surface area contributed by atoms with Crippen LogP contribution in [0.25, 0.3) is 77.3 Å². The number of para-hydroxylation sites is 3. The maximum Gasteiger partial charge on any atom is 0.143 e. The second-order valence-corrected chi connectivity index (χ2v) is 16.0. The molecular weight excluding hydrogens is 743 g/mol. The van der Waals surface area contributed by atoms with Gasteiger partial charge < -0.3 is 13.7 Å². The molecule has 0 fully saturated rings. The van der Waals surface area contributed by atoms with Gasteiger partial charge in [0.15, 0.2) is 0 Å². The predicted octanol–water partition coefficient (Wildman–Crippen LogP) is 16.3. The molecule has 2 aliphatic carbocycles. The summed E-state index contributed by atoms with van der Waals surface area (Å²) in [5.41, 5.74) is 16.4. The van der Waals surface area contributed by atoms with Crippen LogP contribution in [-0.2, 0) is 0 Å². The van der Waals surface area contributed by atoms with Gasteiger partial charge in [0, 0.05) is 56.0 Å². The molecule has 0 N–H and O–H groups in total. The predicted molar refractivity (Wildman–Crippen MR) is 254 cm³/mol. The molecule has 2 aromatic heterocycles. The van der Waals surface area contributed by atoms with Crippen molar-refractivity contribution >= 4 is 60.9 Å². The monoisotopic (exact) mass is 781 g/mol. The Balaban J connectivity index is 0.921. The van der Waals surface area contributed by atoms with Crippen molar-refractivity contribution in [2.75, 3.05) is 4.90 Å². The molecule has 0 amide bonds. The summed E-state index contributed by atoms with van der Waals surface area (Å²) in [5, 5.41) is 4.53. The highest BCUT2D eigenvalue weighted by atomic mass is 16.3. The van der Waals surface area contributed by atoms with E-state index in [1.165, 1.54) is 22.3 Å². The lowest BCUT2D eigenvalue weighted by Gasteiger charge is -2.28. The van der Waals surface area contributed by atoms with Crippen molar-refractivity contribution in [3.63, 3.8) is 0 Å². The first kappa shape index (κ1) is 35.1. The van der Waals surface area contributed by atoms with E-state index >= 15 is 0 Å². The van der Waals surface area contributed by atoms with Crippen molar-refractivity contribution < 1.29 is 8.83 Å². The lowest BCUT2D eigenvalue weighted by atomic mass is 9.76. The molecule has 2 heterocycles. The first-order valence-corrected chi connectivity index (χ1v) is 21.0. The number of hydrogen-bond acceptors (Lipinski definition) is 3. The van der Waals surface area contributed by atoms with Crippen LogP contribution in [0.2, 0.25) is 0 Å². The van der Waals surface area contributed by atoms with Gasteiger partial charge >= 0.3 is 0 Å². The van der Waals surface area contributed by atoms with Crippen LogP contribution in [0, 0.1) is 5.92 Å². The van der Waals surface area contributed by atoms with Crippen molar-refractivity contribution in [3.05, 3.63) is 236 Å². The van der Waals surface area contributed by atoms with Crippen LogP contribution >= 0.6 is 0 Å². The third-order valence-corrected chi connectivity index (χ3v) is 12.5. The van der Waals surface area contributed by atoms with Gasteiger partial charge in [-0.25, -0.2) is 0 Å². The first-order chi connectivity index (χ1) is 30.2. The molecule has 2 aliphatic rings. The SMILES string of the molecule is C1=CC2=CC=CC(c3cccc(-c4ccc(N(c5ccc(-c6cccc7c6oc6ccccc67)cc5)c5ccc(-c6cccc7oc8ccccc8c67)cc5)cc4)c3)C2C=C1. The molecule has 12 rings (SSSR count). The molecule has 61 heavy (non-hydrogen) atoms. The molecule has 288 valence electrons. The molecule has 3 heteroatoms. The topological polar surface area (TPSA) is 29.5 Å². The zero-order valence-electron chi connectivity index (χ0n) is 33.3. The van der Waals surface area contributed by atoms with Crippen molar-refractivity contribution in [3.8, 4) is 33.4 Å². The summed E-state index contributed by atoms with van der Waals surface area (Å²) < 4.78 is 12.7. The van der Waals surface area contributed by atoms with Crippen LogP contribution in [0.4, 0.5) is 17.1 Å². The second kappa shape index (κ2) is 14.4. The minimum atomic E-state index is 0.305. The van der Waals surface area contributed by atoms with Gasteiger partial charge in [-0.15, -0.1) is 0 Å². The van der Waals surface area contributed by atoms with E-state index in [2.05, 4.69) is 205 Å². The van der Waals surface area contributed by atoms with Crippen molar-refractivity contribution in [2.24, 2.45) is 5.92 Å². The summed E-state index contributed by atoms with van der Waals surface area (Å²) in [5.74, 6) is 0.664. The van der Waals surface area contributed by atoms with Crippen LogP contribution < -0.4 is 4.90 Å². The Hall–Kier alpha value is -7.88.